The summed E-state index contributed by atoms with van der Waals surface area (Å²) in [6, 6.07) is 0. The van der Waals surface area contributed by atoms with Crippen molar-refractivity contribution in [2.45, 2.75) is 58.6 Å². The molecule has 0 bridgehead atoms. The van der Waals surface area contributed by atoms with Crippen LogP contribution in [-0.4, -0.2) is 66.7 Å². The molecule has 252 valence electrons. The largest absolute Gasteiger partial charge is 1.00 e. The fraction of sp³-hybridized carbons (Fsp3) is 0.600. The minimum atomic E-state index is -9.37. The molecule has 0 heterocycles. The monoisotopic (exact) mass is 736 g/mol. The molecule has 0 N–H and O–H groups in total. The SMILES string of the molecule is O=S(=O)([O-])c1c(F)c(F)c(F)c(F)c1OC(F)(F)C(F)(F)C(F)(F)C(F)(F)C(F)(F)C(F)(F)C(F)(F)C(F)(F)C(F)(F)F.[Na+]. The molecule has 1 aromatic carbocycles. The van der Waals surface area contributed by atoms with Gasteiger partial charge in [0.15, 0.2) is 17.4 Å². The number of rotatable bonds is 10. The van der Waals surface area contributed by atoms with Crippen molar-refractivity contribution in [1.82, 2.24) is 0 Å². The molecule has 0 aromatic heterocycles. The van der Waals surface area contributed by atoms with E-state index < -0.39 is 97.8 Å². The average Bonchev–Trinajstić information content (AvgIpc) is 2.78. The van der Waals surface area contributed by atoms with E-state index in [4.69, 9.17) is 0 Å². The third-order valence-electron chi connectivity index (χ3n) is 4.75. The van der Waals surface area contributed by atoms with Crippen molar-refractivity contribution < 1.29 is 148 Å². The maximum Gasteiger partial charge on any atom is 1.00 e. The molecular weight excluding hydrogens is 736 g/mol. The Kier molecular flexibility index (Phi) is 10.8. The zero-order valence-electron chi connectivity index (χ0n) is 19.2. The van der Waals surface area contributed by atoms with Crippen molar-refractivity contribution in [1.29, 1.82) is 0 Å². The van der Waals surface area contributed by atoms with E-state index in [9.17, 15) is 114 Å². The van der Waals surface area contributed by atoms with Gasteiger partial charge in [-0.1, -0.05) is 0 Å². The minimum absolute atomic E-state index is 0. The standard InChI is InChI=1S/C15HF23O4S.Na/c16-1-2(17)4(19)6(43(39,40)41)5(3(1)18)42-15(37,38)13(32,33)11(28,29)9(24,25)7(20,21)8(22,23)10(26,27)12(30,31)14(34,35)36;/h(H,39,40,41);/q;+1/p-1. The Bertz CT molecular complexity index is 1370. The molecule has 0 aliphatic rings. The molecule has 0 aliphatic heterocycles. The molecule has 0 amide bonds. The minimum Gasteiger partial charge on any atom is -0.744 e. The Balaban J connectivity index is 0.0000185. The molecule has 0 aliphatic carbocycles. The van der Waals surface area contributed by atoms with Crippen molar-refractivity contribution in [2.24, 2.45) is 0 Å². The van der Waals surface area contributed by atoms with Gasteiger partial charge in [-0.05, 0) is 0 Å². The summed E-state index contributed by atoms with van der Waals surface area (Å²) in [6.07, 6.45) is -16.3. The first-order chi connectivity index (χ1) is 18.4. The van der Waals surface area contributed by atoms with Crippen LogP contribution in [-0.2, 0) is 10.1 Å². The fourth-order valence-corrected chi connectivity index (χ4v) is 3.11. The Morgan fingerprint density at radius 2 is 0.727 bits per heavy atom. The molecule has 44 heavy (non-hydrogen) atoms. The topological polar surface area (TPSA) is 66.4 Å². The van der Waals surface area contributed by atoms with E-state index in [0.29, 0.717) is 0 Å². The van der Waals surface area contributed by atoms with Gasteiger partial charge in [0.1, 0.15) is 15.0 Å². The van der Waals surface area contributed by atoms with Gasteiger partial charge < -0.3 is 9.29 Å². The van der Waals surface area contributed by atoms with Gasteiger partial charge in [0.25, 0.3) is 0 Å². The van der Waals surface area contributed by atoms with Gasteiger partial charge in [-0.2, -0.15) is 87.8 Å². The molecule has 0 atom stereocenters. The first-order valence-corrected chi connectivity index (χ1v) is 10.4. The third-order valence-corrected chi connectivity index (χ3v) is 5.62. The van der Waals surface area contributed by atoms with Crippen molar-refractivity contribution in [3.8, 4) is 5.75 Å². The van der Waals surface area contributed by atoms with Crippen LogP contribution < -0.4 is 34.3 Å². The maximum absolute atomic E-state index is 13.9. The number of hydrogen-bond donors (Lipinski definition) is 0. The molecule has 0 spiro atoms. The van der Waals surface area contributed by atoms with E-state index >= 15 is 0 Å². The van der Waals surface area contributed by atoms with E-state index in [-0.39, 0.29) is 29.6 Å². The van der Waals surface area contributed by atoms with E-state index in [2.05, 4.69) is 4.74 Å². The van der Waals surface area contributed by atoms with E-state index in [1.54, 1.807) is 0 Å². The summed E-state index contributed by atoms with van der Waals surface area (Å²) in [5, 5.41) is 0. The van der Waals surface area contributed by atoms with Gasteiger partial charge in [0.05, 0.1) is 0 Å². The molecule has 4 nitrogen and oxygen atoms in total. The summed E-state index contributed by atoms with van der Waals surface area (Å²) in [4.78, 5) is -3.69. The van der Waals surface area contributed by atoms with Crippen LogP contribution in [0.1, 0.15) is 0 Å². The second kappa shape index (κ2) is 11.2. The summed E-state index contributed by atoms with van der Waals surface area (Å²) in [6.45, 7) is 0. The molecule has 0 fully saturated rings. The number of hydrogen-bond acceptors (Lipinski definition) is 4. The first-order valence-electron chi connectivity index (χ1n) is 8.96. The predicted molar refractivity (Wildman–Crippen MR) is 80.5 cm³/mol. The zero-order valence-corrected chi connectivity index (χ0v) is 22.1. The third kappa shape index (κ3) is 5.62. The number of benzene rings is 1. The van der Waals surface area contributed by atoms with Crippen LogP contribution in [0.2, 0.25) is 0 Å². The van der Waals surface area contributed by atoms with Crippen LogP contribution >= 0.6 is 0 Å². The first kappa shape index (κ1) is 42.3. The van der Waals surface area contributed by atoms with Crippen LogP contribution in [0.3, 0.4) is 0 Å². The van der Waals surface area contributed by atoms with Gasteiger partial charge >= 0.3 is 83.3 Å². The van der Waals surface area contributed by atoms with Gasteiger partial charge in [0, 0.05) is 0 Å². The normalized spacial score (nSPS) is 15.3. The summed E-state index contributed by atoms with van der Waals surface area (Å²) >= 11 is 0. The second-order valence-corrected chi connectivity index (χ2v) is 8.82. The van der Waals surface area contributed by atoms with E-state index in [1.807, 2.05) is 0 Å². The summed E-state index contributed by atoms with van der Waals surface area (Å²) in [5.41, 5.74) is 0. The Hall–Kier alpha value is -1.68. The average molecular weight is 736 g/mol. The van der Waals surface area contributed by atoms with Crippen LogP contribution in [0.15, 0.2) is 4.90 Å². The van der Waals surface area contributed by atoms with Gasteiger partial charge in [-0.15, -0.1) is 0 Å². The van der Waals surface area contributed by atoms with Gasteiger partial charge in [0.2, 0.25) is 11.6 Å². The summed E-state index contributed by atoms with van der Waals surface area (Å²) in [7, 11) is -7.17. The quantitative estimate of drug-likeness (QED) is 0.119. The van der Waals surface area contributed by atoms with Crippen LogP contribution in [0.5, 0.6) is 5.75 Å². The molecule has 0 saturated heterocycles. The number of halogens is 23. The van der Waals surface area contributed by atoms with Gasteiger partial charge in [-0.25, -0.2) is 21.6 Å². The Morgan fingerprint density at radius 1 is 0.455 bits per heavy atom. The predicted octanol–water partition coefficient (Wildman–Crippen LogP) is 4.13. The molecule has 0 saturated carbocycles. The van der Waals surface area contributed by atoms with Crippen LogP contribution in [0.25, 0.3) is 0 Å². The second-order valence-electron chi connectivity index (χ2n) is 7.51. The maximum atomic E-state index is 13.9. The molecule has 29 heteroatoms. The Labute approximate surface area is 246 Å². The zero-order chi connectivity index (χ0) is 35.2. The Morgan fingerprint density at radius 3 is 1.02 bits per heavy atom. The smallest absolute Gasteiger partial charge is 0.744 e. The van der Waals surface area contributed by atoms with E-state index in [0.717, 1.165) is 0 Å². The summed E-state index contributed by atoms with van der Waals surface area (Å²) < 4.78 is 340. The van der Waals surface area contributed by atoms with Crippen molar-refractivity contribution in [2.75, 3.05) is 0 Å². The van der Waals surface area contributed by atoms with Crippen LogP contribution in [0, 0.1) is 23.3 Å². The van der Waals surface area contributed by atoms with Crippen LogP contribution in [0.4, 0.5) is 101 Å². The van der Waals surface area contributed by atoms with Crippen molar-refractivity contribution in [3.05, 3.63) is 23.3 Å². The molecule has 1 aromatic rings. The molecule has 0 radical (unpaired) electrons. The number of ether oxygens (including phenoxy) is 1. The number of alkyl halides is 19. The summed E-state index contributed by atoms with van der Waals surface area (Å²) in [5.74, 6) is -82.3. The molecule has 0 unspecified atom stereocenters. The molecular formula is C15F23NaO4S. The van der Waals surface area contributed by atoms with Crippen molar-refractivity contribution in [3.63, 3.8) is 0 Å². The van der Waals surface area contributed by atoms with E-state index in [1.165, 1.54) is 0 Å². The van der Waals surface area contributed by atoms with Crippen molar-refractivity contribution >= 4 is 10.1 Å². The van der Waals surface area contributed by atoms with Gasteiger partial charge in [-0.3, -0.25) is 0 Å². The fourth-order valence-electron chi connectivity index (χ4n) is 2.44. The molecule has 1 rings (SSSR count).